The van der Waals surface area contributed by atoms with Crippen molar-refractivity contribution < 1.29 is 33.0 Å². The Bertz CT molecular complexity index is 1290. The van der Waals surface area contributed by atoms with E-state index in [0.29, 0.717) is 5.02 Å². The minimum absolute atomic E-state index is 0.185. The molecule has 3 aromatic carbocycles. The number of aliphatic hydroxyl groups is 1. The molecular formula is C24H15ClF3NO4. The number of hydrogen-bond donors (Lipinski definition) is 2. The highest BCUT2D eigenvalue weighted by Crippen LogP contribution is 2.44. The molecule has 5 nitrogen and oxygen atoms in total. The molecule has 1 atom stereocenters. The molecule has 1 saturated heterocycles. The Hall–Kier alpha value is -3.78. The van der Waals surface area contributed by atoms with E-state index < -0.39 is 35.2 Å². The molecule has 3 aromatic rings. The zero-order valence-electron chi connectivity index (χ0n) is 16.7. The number of Topliss-reactive ketones (excluding diaryl/α,β-unsaturated/α-hetero) is 1. The lowest BCUT2D eigenvalue weighted by atomic mass is 9.95. The fourth-order valence-corrected chi connectivity index (χ4v) is 3.83. The van der Waals surface area contributed by atoms with Crippen molar-refractivity contribution in [3.8, 4) is 5.75 Å². The molecule has 1 unspecified atom stereocenters. The summed E-state index contributed by atoms with van der Waals surface area (Å²) in [6.07, 6.45) is -4.67. The first-order chi connectivity index (χ1) is 15.6. The lowest BCUT2D eigenvalue weighted by Crippen LogP contribution is -2.29. The molecule has 1 fully saturated rings. The molecule has 4 rings (SSSR count). The van der Waals surface area contributed by atoms with Crippen LogP contribution < -0.4 is 4.90 Å². The van der Waals surface area contributed by atoms with Crippen LogP contribution in [0.4, 0.5) is 18.9 Å². The number of aliphatic hydroxyl groups excluding tert-OH is 1. The standard InChI is InChI=1S/C24H15ClF3NO4/c25-16-9-7-13(8-10-16)21(31)19-20(14-3-1-6-18(30)11-14)29(23(33)22(19)32)17-5-2-4-15(12-17)24(26,27)28/h1-12,20,30-31H/b21-19+. The molecule has 0 aromatic heterocycles. The van der Waals surface area contributed by atoms with Gasteiger partial charge in [-0.15, -0.1) is 0 Å². The molecule has 1 heterocycles. The van der Waals surface area contributed by atoms with E-state index in [9.17, 15) is 33.0 Å². The van der Waals surface area contributed by atoms with Crippen molar-refractivity contribution in [3.63, 3.8) is 0 Å². The number of carbonyl (C=O) groups is 2. The molecule has 0 bridgehead atoms. The molecule has 9 heteroatoms. The van der Waals surface area contributed by atoms with Crippen LogP contribution in [0.2, 0.25) is 5.02 Å². The first-order valence-corrected chi connectivity index (χ1v) is 9.99. The number of phenolic OH excluding ortho intramolecular Hbond substituents is 1. The summed E-state index contributed by atoms with van der Waals surface area (Å²) in [6.45, 7) is 0. The predicted octanol–water partition coefficient (Wildman–Crippen LogP) is 5.69. The van der Waals surface area contributed by atoms with Crippen LogP contribution in [-0.2, 0) is 15.8 Å². The van der Waals surface area contributed by atoms with Gasteiger partial charge in [-0.2, -0.15) is 13.2 Å². The van der Waals surface area contributed by atoms with Gasteiger partial charge in [0.25, 0.3) is 11.7 Å². The second-order valence-corrected chi connectivity index (χ2v) is 7.76. The zero-order valence-corrected chi connectivity index (χ0v) is 17.4. The van der Waals surface area contributed by atoms with E-state index in [1.165, 1.54) is 54.6 Å². The van der Waals surface area contributed by atoms with Crippen LogP contribution in [0.3, 0.4) is 0 Å². The number of anilines is 1. The molecule has 168 valence electrons. The number of aromatic hydroxyl groups is 1. The molecule has 0 aliphatic carbocycles. The number of benzene rings is 3. The second kappa shape index (κ2) is 8.29. The van der Waals surface area contributed by atoms with Gasteiger partial charge in [-0.05, 0) is 60.2 Å². The van der Waals surface area contributed by atoms with Gasteiger partial charge in [-0.25, -0.2) is 0 Å². The van der Waals surface area contributed by atoms with Crippen LogP contribution in [0.25, 0.3) is 5.76 Å². The van der Waals surface area contributed by atoms with Crippen LogP contribution in [0, 0.1) is 0 Å². The van der Waals surface area contributed by atoms with Crippen LogP contribution in [0.5, 0.6) is 5.75 Å². The van der Waals surface area contributed by atoms with Gasteiger partial charge in [0.1, 0.15) is 11.5 Å². The molecule has 33 heavy (non-hydrogen) atoms. The number of nitrogens with zero attached hydrogens (tertiary/aromatic N) is 1. The number of ketones is 1. The summed E-state index contributed by atoms with van der Waals surface area (Å²) < 4.78 is 39.9. The average molecular weight is 474 g/mol. The van der Waals surface area contributed by atoms with Crippen LogP contribution >= 0.6 is 11.6 Å². The fraction of sp³-hybridized carbons (Fsp3) is 0.0833. The summed E-state index contributed by atoms with van der Waals surface area (Å²) in [5, 5.41) is 21.3. The number of alkyl halides is 3. The minimum Gasteiger partial charge on any atom is -0.508 e. The largest absolute Gasteiger partial charge is 0.508 e. The van der Waals surface area contributed by atoms with Crippen LogP contribution in [-0.4, -0.2) is 21.9 Å². The third kappa shape index (κ3) is 4.17. The van der Waals surface area contributed by atoms with Crippen molar-refractivity contribution in [2.24, 2.45) is 0 Å². The van der Waals surface area contributed by atoms with Crippen molar-refractivity contribution in [2.45, 2.75) is 12.2 Å². The SMILES string of the molecule is O=C1C(=O)N(c2cccc(C(F)(F)F)c2)C(c2cccc(O)c2)/C1=C(\O)c1ccc(Cl)cc1. The fourth-order valence-electron chi connectivity index (χ4n) is 3.70. The minimum atomic E-state index is -4.67. The molecule has 2 N–H and O–H groups in total. The van der Waals surface area contributed by atoms with E-state index in [4.69, 9.17) is 11.6 Å². The Morgan fingerprint density at radius 1 is 0.939 bits per heavy atom. The van der Waals surface area contributed by atoms with Crippen molar-refractivity contribution in [3.05, 3.63) is 100 Å². The van der Waals surface area contributed by atoms with Crippen molar-refractivity contribution in [1.82, 2.24) is 0 Å². The number of halogens is 4. The first-order valence-electron chi connectivity index (χ1n) is 9.61. The smallest absolute Gasteiger partial charge is 0.416 e. The van der Waals surface area contributed by atoms with E-state index in [1.807, 2.05) is 0 Å². The molecular weight excluding hydrogens is 459 g/mol. The maximum Gasteiger partial charge on any atom is 0.416 e. The monoisotopic (exact) mass is 473 g/mol. The van der Waals surface area contributed by atoms with Gasteiger partial charge in [0.15, 0.2) is 0 Å². The summed E-state index contributed by atoms with van der Waals surface area (Å²) in [6, 6.07) is 14.1. The molecule has 1 aliphatic rings. The van der Waals surface area contributed by atoms with Gasteiger partial charge >= 0.3 is 6.18 Å². The Morgan fingerprint density at radius 3 is 2.24 bits per heavy atom. The van der Waals surface area contributed by atoms with Gasteiger partial charge in [0, 0.05) is 16.3 Å². The molecule has 1 amide bonds. The number of phenols is 1. The second-order valence-electron chi connectivity index (χ2n) is 7.32. The summed E-state index contributed by atoms with van der Waals surface area (Å²) in [4.78, 5) is 26.9. The third-order valence-corrected chi connectivity index (χ3v) is 5.45. The van der Waals surface area contributed by atoms with E-state index in [1.54, 1.807) is 0 Å². The number of amides is 1. The lowest BCUT2D eigenvalue weighted by molar-refractivity contribution is -0.137. The first kappa shape index (κ1) is 22.4. The Labute approximate surface area is 191 Å². The average Bonchev–Trinajstić information content (AvgIpc) is 3.04. The van der Waals surface area contributed by atoms with Gasteiger partial charge < -0.3 is 10.2 Å². The predicted molar refractivity (Wildman–Crippen MR) is 116 cm³/mol. The summed E-state index contributed by atoms with van der Waals surface area (Å²) in [5.74, 6) is -2.90. The summed E-state index contributed by atoms with van der Waals surface area (Å²) in [5.41, 5.74) is -1.11. The van der Waals surface area contributed by atoms with Crippen molar-refractivity contribution in [1.29, 1.82) is 0 Å². The van der Waals surface area contributed by atoms with Crippen molar-refractivity contribution >= 4 is 34.7 Å². The third-order valence-electron chi connectivity index (χ3n) is 5.20. The zero-order chi connectivity index (χ0) is 23.9. The Kier molecular flexibility index (Phi) is 5.63. The van der Waals surface area contributed by atoms with Gasteiger partial charge in [0.2, 0.25) is 0 Å². The summed E-state index contributed by atoms with van der Waals surface area (Å²) >= 11 is 5.88. The van der Waals surface area contributed by atoms with E-state index >= 15 is 0 Å². The highest BCUT2D eigenvalue weighted by Gasteiger charge is 2.47. The maximum absolute atomic E-state index is 13.3. The Morgan fingerprint density at radius 2 is 1.61 bits per heavy atom. The van der Waals surface area contributed by atoms with E-state index in [0.717, 1.165) is 23.1 Å². The lowest BCUT2D eigenvalue weighted by Gasteiger charge is -2.26. The highest BCUT2D eigenvalue weighted by molar-refractivity contribution is 6.51. The number of hydrogen-bond acceptors (Lipinski definition) is 4. The van der Waals surface area contributed by atoms with E-state index in [2.05, 4.69) is 0 Å². The molecule has 0 radical (unpaired) electrons. The maximum atomic E-state index is 13.3. The van der Waals surface area contributed by atoms with Crippen LogP contribution in [0.1, 0.15) is 22.7 Å². The molecule has 1 aliphatic heterocycles. The summed E-state index contributed by atoms with van der Waals surface area (Å²) in [7, 11) is 0. The van der Waals surface area contributed by atoms with Crippen molar-refractivity contribution in [2.75, 3.05) is 4.90 Å². The Balaban J connectivity index is 1.95. The molecule has 0 spiro atoms. The highest BCUT2D eigenvalue weighted by atomic mass is 35.5. The molecule has 0 saturated carbocycles. The number of rotatable bonds is 3. The normalized spacial score (nSPS) is 18.1. The van der Waals surface area contributed by atoms with Gasteiger partial charge in [0.05, 0.1) is 17.2 Å². The van der Waals surface area contributed by atoms with Gasteiger partial charge in [-0.3, -0.25) is 14.5 Å². The quantitative estimate of drug-likeness (QED) is 0.291. The van der Waals surface area contributed by atoms with E-state index in [-0.39, 0.29) is 28.1 Å². The topological polar surface area (TPSA) is 77.8 Å². The number of carbonyl (C=O) groups excluding carboxylic acids is 2. The van der Waals surface area contributed by atoms with Crippen LogP contribution in [0.15, 0.2) is 78.4 Å². The van der Waals surface area contributed by atoms with Gasteiger partial charge in [-0.1, -0.05) is 29.8 Å².